The fourth-order valence-corrected chi connectivity index (χ4v) is 0.589. The molecule has 3 heteroatoms. The normalized spacial score (nSPS) is 13.7. The minimum Gasteiger partial charge on any atom is -0.301 e. The molecule has 0 aliphatic heterocycles. The molecule has 1 aliphatic carbocycles. The molecule has 0 heterocycles. The Bertz CT molecular complexity index is 239. The van der Waals surface area contributed by atoms with Crippen molar-refractivity contribution < 1.29 is 9.59 Å². The third kappa shape index (κ3) is 5.49. The maximum Gasteiger partial charge on any atom is 0.199 e. The molecular weight excluding hydrogens is 166 g/mol. The number of carbonyl (C=O) groups is 2. The maximum absolute atomic E-state index is 10.5. The summed E-state index contributed by atoms with van der Waals surface area (Å²) in [4.78, 5) is 20.9. The van der Waals surface area contributed by atoms with E-state index in [9.17, 15) is 9.59 Å². The Kier molecular flexibility index (Phi) is 8.84. The highest BCUT2D eigenvalue weighted by molar-refractivity contribution is 6.48. The number of hydrogen-bond acceptors (Lipinski definition) is 3. The quantitative estimate of drug-likeness (QED) is 0.575. The average Bonchev–Trinajstić information content (AvgIpc) is 2.18. The van der Waals surface area contributed by atoms with Crippen molar-refractivity contribution in [2.75, 3.05) is 0 Å². The van der Waals surface area contributed by atoms with Crippen LogP contribution in [0.25, 0.3) is 0 Å². The van der Waals surface area contributed by atoms with Gasteiger partial charge in [-0.15, -0.1) is 26.3 Å². The molecule has 13 heavy (non-hydrogen) atoms. The SMILES string of the molecule is C=C.C=C.N=C1CC(=O)C=CC1=O. The molecule has 0 spiro atoms. The van der Waals surface area contributed by atoms with Gasteiger partial charge in [-0.05, 0) is 12.2 Å². The first-order chi connectivity index (χ1) is 6.20. The Morgan fingerprint density at radius 2 is 1.54 bits per heavy atom. The lowest BCUT2D eigenvalue weighted by Crippen LogP contribution is -2.18. The van der Waals surface area contributed by atoms with Crippen molar-refractivity contribution in [3.63, 3.8) is 0 Å². The summed E-state index contributed by atoms with van der Waals surface area (Å²) in [5.41, 5.74) is -0.109. The second kappa shape index (κ2) is 8.33. The molecule has 3 nitrogen and oxygen atoms in total. The second-order valence-electron chi connectivity index (χ2n) is 1.82. The lowest BCUT2D eigenvalue weighted by atomic mass is 10.0. The number of nitrogens with one attached hydrogen (secondary N) is 1. The first-order valence-electron chi connectivity index (χ1n) is 3.53. The van der Waals surface area contributed by atoms with Crippen LogP contribution in [0.3, 0.4) is 0 Å². The second-order valence-corrected chi connectivity index (χ2v) is 1.82. The average molecular weight is 179 g/mol. The summed E-state index contributed by atoms with van der Waals surface area (Å²) >= 11 is 0. The molecule has 0 radical (unpaired) electrons. The summed E-state index contributed by atoms with van der Waals surface area (Å²) in [5.74, 6) is -0.519. The molecule has 1 aliphatic rings. The van der Waals surface area contributed by atoms with Crippen LogP contribution in [0.2, 0.25) is 0 Å². The van der Waals surface area contributed by atoms with Crippen LogP contribution in [-0.2, 0) is 9.59 Å². The van der Waals surface area contributed by atoms with Gasteiger partial charge in [-0.3, -0.25) is 9.59 Å². The Labute approximate surface area is 78.0 Å². The molecule has 0 unspecified atom stereocenters. The third-order valence-corrected chi connectivity index (χ3v) is 1.07. The predicted molar refractivity (Wildman–Crippen MR) is 54.0 cm³/mol. The molecule has 0 aromatic rings. The summed E-state index contributed by atoms with van der Waals surface area (Å²) in [7, 11) is 0. The summed E-state index contributed by atoms with van der Waals surface area (Å²) in [6, 6.07) is 0. The van der Waals surface area contributed by atoms with Crippen LogP contribution in [0.4, 0.5) is 0 Å². The van der Waals surface area contributed by atoms with E-state index >= 15 is 0 Å². The third-order valence-electron chi connectivity index (χ3n) is 1.07. The number of ketones is 2. The first kappa shape index (κ1) is 13.8. The zero-order valence-corrected chi connectivity index (χ0v) is 7.51. The lowest BCUT2D eigenvalue weighted by Gasteiger charge is -1.99. The van der Waals surface area contributed by atoms with Crippen LogP contribution in [0.5, 0.6) is 0 Å². The van der Waals surface area contributed by atoms with E-state index in [0.717, 1.165) is 6.08 Å². The molecule has 1 rings (SSSR count). The lowest BCUT2D eigenvalue weighted by molar-refractivity contribution is -0.116. The van der Waals surface area contributed by atoms with Gasteiger partial charge in [-0.1, -0.05) is 0 Å². The minimum absolute atomic E-state index is 0.0324. The van der Waals surface area contributed by atoms with Crippen LogP contribution in [0.15, 0.2) is 38.5 Å². The fraction of sp³-hybridized carbons (Fsp3) is 0.100. The van der Waals surface area contributed by atoms with Gasteiger partial charge in [0.2, 0.25) is 0 Å². The van der Waals surface area contributed by atoms with Gasteiger partial charge in [0, 0.05) is 0 Å². The van der Waals surface area contributed by atoms with Crippen LogP contribution < -0.4 is 0 Å². The van der Waals surface area contributed by atoms with E-state index < -0.39 is 0 Å². The van der Waals surface area contributed by atoms with Crippen LogP contribution >= 0.6 is 0 Å². The predicted octanol–water partition coefficient (Wildman–Crippen LogP) is 1.71. The van der Waals surface area contributed by atoms with E-state index in [-0.39, 0.29) is 23.7 Å². The first-order valence-corrected chi connectivity index (χ1v) is 3.53. The van der Waals surface area contributed by atoms with Gasteiger partial charge < -0.3 is 5.41 Å². The molecular formula is C10H13NO2. The fourth-order valence-electron chi connectivity index (χ4n) is 0.589. The Morgan fingerprint density at radius 1 is 1.08 bits per heavy atom. The van der Waals surface area contributed by atoms with Crippen LogP contribution in [0.1, 0.15) is 6.42 Å². The highest BCUT2D eigenvalue weighted by atomic mass is 16.1. The van der Waals surface area contributed by atoms with E-state index in [4.69, 9.17) is 5.41 Å². The highest BCUT2D eigenvalue weighted by Crippen LogP contribution is 1.97. The summed E-state index contributed by atoms with van der Waals surface area (Å²) in [6.07, 6.45) is 2.31. The minimum atomic E-state index is -0.352. The van der Waals surface area contributed by atoms with Gasteiger partial charge in [0.05, 0.1) is 12.1 Å². The van der Waals surface area contributed by atoms with Gasteiger partial charge in [-0.2, -0.15) is 0 Å². The molecule has 0 aromatic carbocycles. The largest absolute Gasteiger partial charge is 0.301 e. The Hall–Kier alpha value is -1.77. The van der Waals surface area contributed by atoms with Crippen LogP contribution in [0, 0.1) is 5.41 Å². The molecule has 1 N–H and O–H groups in total. The van der Waals surface area contributed by atoms with E-state index in [2.05, 4.69) is 26.3 Å². The van der Waals surface area contributed by atoms with Crippen molar-refractivity contribution in [3.05, 3.63) is 38.5 Å². The Morgan fingerprint density at radius 3 is 1.85 bits per heavy atom. The van der Waals surface area contributed by atoms with Crippen molar-refractivity contribution in [1.82, 2.24) is 0 Å². The monoisotopic (exact) mass is 179 g/mol. The van der Waals surface area contributed by atoms with Crippen LogP contribution in [-0.4, -0.2) is 17.3 Å². The van der Waals surface area contributed by atoms with Gasteiger partial charge in [0.15, 0.2) is 11.6 Å². The van der Waals surface area contributed by atoms with E-state index in [1.165, 1.54) is 6.08 Å². The van der Waals surface area contributed by atoms with Gasteiger partial charge >= 0.3 is 0 Å². The molecule has 0 amide bonds. The standard InChI is InChI=1S/C6H5NO2.2C2H4/c7-5-3-4(8)1-2-6(5)9;2*1-2/h1-2,7H,3H2;2*1-2H2. The molecule has 0 saturated heterocycles. The van der Waals surface area contributed by atoms with E-state index in [0.29, 0.717) is 0 Å². The topological polar surface area (TPSA) is 58.0 Å². The van der Waals surface area contributed by atoms with Crippen molar-refractivity contribution in [3.8, 4) is 0 Å². The summed E-state index contributed by atoms with van der Waals surface area (Å²) < 4.78 is 0. The Balaban J connectivity index is 0. The van der Waals surface area contributed by atoms with Crippen molar-refractivity contribution in [2.45, 2.75) is 6.42 Å². The molecule has 70 valence electrons. The smallest absolute Gasteiger partial charge is 0.199 e. The molecule has 0 fully saturated rings. The molecule has 0 atom stereocenters. The van der Waals surface area contributed by atoms with Gasteiger partial charge in [0.25, 0.3) is 0 Å². The zero-order chi connectivity index (χ0) is 10.9. The molecule has 0 bridgehead atoms. The van der Waals surface area contributed by atoms with E-state index in [1.54, 1.807) is 0 Å². The zero-order valence-electron chi connectivity index (χ0n) is 7.51. The highest BCUT2D eigenvalue weighted by Gasteiger charge is 2.14. The maximum atomic E-state index is 10.5. The summed E-state index contributed by atoms with van der Waals surface area (Å²) in [5, 5.41) is 6.90. The van der Waals surface area contributed by atoms with E-state index in [1.807, 2.05) is 0 Å². The molecule has 0 saturated carbocycles. The van der Waals surface area contributed by atoms with Crippen molar-refractivity contribution >= 4 is 17.3 Å². The van der Waals surface area contributed by atoms with Gasteiger partial charge in [-0.25, -0.2) is 0 Å². The number of hydrogen-bond donors (Lipinski definition) is 1. The van der Waals surface area contributed by atoms with Gasteiger partial charge in [0.1, 0.15) is 0 Å². The number of carbonyl (C=O) groups excluding carboxylic acids is 2. The van der Waals surface area contributed by atoms with Crippen molar-refractivity contribution in [1.29, 1.82) is 5.41 Å². The molecule has 0 aromatic heterocycles. The van der Waals surface area contributed by atoms with Crippen molar-refractivity contribution in [2.24, 2.45) is 0 Å². The number of rotatable bonds is 0. The number of allylic oxidation sites excluding steroid dienone is 2. The summed E-state index contributed by atoms with van der Waals surface area (Å²) in [6.45, 7) is 12.0.